The lowest BCUT2D eigenvalue weighted by molar-refractivity contribution is 0.100. The fraction of sp³-hybridized carbons (Fsp3) is 0.238. The molecule has 1 fully saturated rings. The van der Waals surface area contributed by atoms with Gasteiger partial charge in [0.05, 0.1) is 5.52 Å². The number of amides is 1. The van der Waals surface area contributed by atoms with E-state index in [4.69, 9.17) is 5.73 Å². The van der Waals surface area contributed by atoms with E-state index in [0.717, 1.165) is 41.8 Å². The summed E-state index contributed by atoms with van der Waals surface area (Å²) >= 11 is 0. The van der Waals surface area contributed by atoms with Crippen LogP contribution in [0.3, 0.4) is 0 Å². The number of primary amides is 1. The Hall–Kier alpha value is -2.59. The molecule has 2 aromatic carbocycles. The van der Waals surface area contributed by atoms with Crippen LogP contribution in [0.1, 0.15) is 34.0 Å². The summed E-state index contributed by atoms with van der Waals surface area (Å²) in [6.45, 7) is 3.98. The summed E-state index contributed by atoms with van der Waals surface area (Å²) in [7, 11) is 0. The number of nitrogens with two attached hydrogens (primary N) is 1. The molecule has 4 nitrogen and oxygen atoms in total. The van der Waals surface area contributed by atoms with Crippen molar-refractivity contribution in [2.45, 2.75) is 19.3 Å². The molecule has 1 aliphatic heterocycles. The van der Waals surface area contributed by atoms with Crippen LogP contribution in [-0.4, -0.2) is 24.0 Å². The highest BCUT2D eigenvalue weighted by Gasteiger charge is 2.25. The minimum absolute atomic E-state index is 0. The highest BCUT2D eigenvalue weighted by molar-refractivity contribution is 6.00. The van der Waals surface area contributed by atoms with Crippen molar-refractivity contribution in [3.8, 4) is 0 Å². The monoisotopic (exact) mass is 367 g/mol. The lowest BCUT2D eigenvalue weighted by atomic mass is 9.99. The van der Waals surface area contributed by atoms with Crippen molar-refractivity contribution in [3.63, 3.8) is 0 Å². The third-order valence-electron chi connectivity index (χ3n) is 5.00. The van der Waals surface area contributed by atoms with E-state index in [1.807, 2.05) is 19.1 Å². The predicted octanol–water partition coefficient (Wildman–Crippen LogP) is 4.06. The molecular formula is C21H22ClN3O. The molecule has 3 aromatic rings. The van der Waals surface area contributed by atoms with Gasteiger partial charge in [0.2, 0.25) is 5.91 Å². The maximum Gasteiger partial charge on any atom is 0.248 e. The third-order valence-corrected chi connectivity index (χ3v) is 5.00. The molecule has 1 aromatic heterocycles. The zero-order valence-electron chi connectivity index (χ0n) is 14.7. The van der Waals surface area contributed by atoms with Crippen LogP contribution in [0.2, 0.25) is 0 Å². The van der Waals surface area contributed by atoms with Gasteiger partial charge in [0.15, 0.2) is 0 Å². The Morgan fingerprint density at radius 1 is 1.15 bits per heavy atom. The van der Waals surface area contributed by atoms with Gasteiger partial charge in [-0.2, -0.15) is 0 Å². The normalized spacial score (nSPS) is 16.5. The standard InChI is InChI=1S/C21H21N3O.ClH/c1-14-11-20(18-12-16(21(22)25)7-8-19(18)23-14)24-10-9-17(13-24)15-5-3-2-4-6-15;/h2-8,11-12,17H,9-10,13H2,1H3,(H2,22,25);1H. The van der Waals surface area contributed by atoms with Crippen LogP contribution in [0.25, 0.3) is 10.9 Å². The van der Waals surface area contributed by atoms with Crippen LogP contribution in [0.15, 0.2) is 54.6 Å². The lowest BCUT2D eigenvalue weighted by Crippen LogP contribution is -2.20. The molecule has 0 radical (unpaired) electrons. The maximum atomic E-state index is 11.6. The Kier molecular flexibility index (Phi) is 5.14. The Bertz CT molecular complexity index is 943. The summed E-state index contributed by atoms with van der Waals surface area (Å²) in [5, 5.41) is 0.996. The number of carbonyl (C=O) groups excluding carboxylic acids is 1. The molecular weight excluding hydrogens is 346 g/mol. The number of halogens is 1. The number of pyridine rings is 1. The summed E-state index contributed by atoms with van der Waals surface area (Å²) in [5.74, 6) is 0.126. The maximum absolute atomic E-state index is 11.6. The van der Waals surface area contributed by atoms with Crippen LogP contribution in [0, 0.1) is 6.92 Å². The summed E-state index contributed by atoms with van der Waals surface area (Å²) in [6, 6.07) is 18.3. The molecule has 1 aliphatic rings. The minimum Gasteiger partial charge on any atom is -0.370 e. The number of rotatable bonds is 3. The first-order valence-electron chi connectivity index (χ1n) is 8.63. The largest absolute Gasteiger partial charge is 0.370 e. The van der Waals surface area contributed by atoms with Crippen molar-refractivity contribution in [2.24, 2.45) is 5.73 Å². The summed E-state index contributed by atoms with van der Waals surface area (Å²) < 4.78 is 0. The van der Waals surface area contributed by atoms with Crippen LogP contribution >= 0.6 is 12.4 Å². The van der Waals surface area contributed by atoms with E-state index >= 15 is 0 Å². The number of hydrogen-bond donors (Lipinski definition) is 1. The fourth-order valence-corrected chi connectivity index (χ4v) is 3.73. The number of carbonyl (C=O) groups is 1. The molecule has 1 atom stereocenters. The van der Waals surface area contributed by atoms with E-state index in [2.05, 4.69) is 46.3 Å². The third kappa shape index (κ3) is 3.37. The zero-order chi connectivity index (χ0) is 17.4. The Morgan fingerprint density at radius 3 is 2.65 bits per heavy atom. The van der Waals surface area contributed by atoms with E-state index in [1.165, 1.54) is 5.56 Å². The molecule has 0 spiro atoms. The van der Waals surface area contributed by atoms with E-state index in [-0.39, 0.29) is 12.4 Å². The molecule has 2 heterocycles. The van der Waals surface area contributed by atoms with Gasteiger partial charge in [0.1, 0.15) is 0 Å². The highest BCUT2D eigenvalue weighted by atomic mass is 35.5. The van der Waals surface area contributed by atoms with E-state index in [9.17, 15) is 4.79 Å². The first-order valence-corrected chi connectivity index (χ1v) is 8.63. The number of benzene rings is 2. The lowest BCUT2D eigenvalue weighted by Gasteiger charge is -2.21. The molecule has 26 heavy (non-hydrogen) atoms. The number of aryl methyl sites for hydroxylation is 1. The van der Waals surface area contributed by atoms with E-state index in [0.29, 0.717) is 11.5 Å². The number of hydrogen-bond acceptors (Lipinski definition) is 3. The van der Waals surface area contributed by atoms with Gasteiger partial charge in [-0.1, -0.05) is 30.3 Å². The average molecular weight is 368 g/mol. The van der Waals surface area contributed by atoms with E-state index < -0.39 is 5.91 Å². The molecule has 2 N–H and O–H groups in total. The first-order chi connectivity index (χ1) is 12.1. The second-order valence-corrected chi connectivity index (χ2v) is 6.72. The summed E-state index contributed by atoms with van der Waals surface area (Å²) in [6.07, 6.45) is 1.13. The van der Waals surface area contributed by atoms with Crippen LogP contribution < -0.4 is 10.6 Å². The van der Waals surface area contributed by atoms with Gasteiger partial charge in [-0.3, -0.25) is 9.78 Å². The molecule has 1 saturated heterocycles. The summed E-state index contributed by atoms with van der Waals surface area (Å²) in [5.41, 5.74) is 10.4. The predicted molar refractivity (Wildman–Crippen MR) is 108 cm³/mol. The Balaban J connectivity index is 0.00000196. The van der Waals surface area contributed by atoms with Gasteiger partial charge >= 0.3 is 0 Å². The number of fused-ring (bicyclic) bond motifs is 1. The SMILES string of the molecule is Cc1cc(N2CCC(c3ccccc3)C2)c2cc(C(N)=O)ccc2n1.Cl. The Morgan fingerprint density at radius 2 is 1.92 bits per heavy atom. The van der Waals surface area contributed by atoms with Gasteiger partial charge in [-0.25, -0.2) is 0 Å². The van der Waals surface area contributed by atoms with Crippen molar-refractivity contribution in [3.05, 3.63) is 71.4 Å². The topological polar surface area (TPSA) is 59.2 Å². The van der Waals surface area contributed by atoms with Gasteiger partial charge < -0.3 is 10.6 Å². The quantitative estimate of drug-likeness (QED) is 0.759. The van der Waals surface area contributed by atoms with Crippen molar-refractivity contribution >= 4 is 34.9 Å². The molecule has 134 valence electrons. The molecule has 0 bridgehead atoms. The average Bonchev–Trinajstić information content (AvgIpc) is 3.11. The first kappa shape index (κ1) is 18.2. The second-order valence-electron chi connectivity index (χ2n) is 6.72. The molecule has 0 aliphatic carbocycles. The molecule has 1 unspecified atom stereocenters. The van der Waals surface area contributed by atoms with Crippen molar-refractivity contribution in [2.75, 3.05) is 18.0 Å². The summed E-state index contributed by atoms with van der Waals surface area (Å²) in [4.78, 5) is 18.6. The number of anilines is 1. The second kappa shape index (κ2) is 7.34. The molecule has 4 rings (SSSR count). The van der Waals surface area contributed by atoms with Gasteiger partial charge in [-0.05, 0) is 43.2 Å². The van der Waals surface area contributed by atoms with Gasteiger partial charge in [-0.15, -0.1) is 12.4 Å². The molecule has 5 heteroatoms. The van der Waals surface area contributed by atoms with Gasteiger partial charge in [0.25, 0.3) is 0 Å². The number of nitrogens with zero attached hydrogens (tertiary/aromatic N) is 2. The van der Waals surface area contributed by atoms with Crippen molar-refractivity contribution in [1.29, 1.82) is 0 Å². The van der Waals surface area contributed by atoms with Crippen LogP contribution in [0.5, 0.6) is 0 Å². The van der Waals surface area contributed by atoms with Crippen molar-refractivity contribution in [1.82, 2.24) is 4.98 Å². The van der Waals surface area contributed by atoms with Crippen molar-refractivity contribution < 1.29 is 4.79 Å². The fourth-order valence-electron chi connectivity index (χ4n) is 3.73. The highest BCUT2D eigenvalue weighted by Crippen LogP contribution is 2.35. The van der Waals surface area contributed by atoms with E-state index in [1.54, 1.807) is 6.07 Å². The van der Waals surface area contributed by atoms with Gasteiger partial charge in [0, 0.05) is 41.3 Å². The smallest absolute Gasteiger partial charge is 0.248 e. The van der Waals surface area contributed by atoms with Crippen LogP contribution in [-0.2, 0) is 0 Å². The Labute approximate surface area is 159 Å². The molecule has 0 saturated carbocycles. The number of aromatic nitrogens is 1. The van der Waals surface area contributed by atoms with Crippen LogP contribution in [0.4, 0.5) is 5.69 Å². The zero-order valence-corrected chi connectivity index (χ0v) is 15.5. The minimum atomic E-state index is -0.406. The molecule has 1 amide bonds.